The first-order chi connectivity index (χ1) is 17.8. The lowest BCUT2D eigenvalue weighted by molar-refractivity contribution is -0.143. The van der Waals surface area contributed by atoms with Crippen LogP contribution in [0.5, 0.6) is 17.2 Å². The van der Waals surface area contributed by atoms with Crippen LogP contribution in [0, 0.1) is 0 Å². The quantitative estimate of drug-likeness (QED) is 0.406. The Labute approximate surface area is 225 Å². The third-order valence-corrected chi connectivity index (χ3v) is 7.54. The summed E-state index contributed by atoms with van der Waals surface area (Å²) < 4.78 is 24.9. The van der Waals surface area contributed by atoms with Crippen LogP contribution in [0.3, 0.4) is 0 Å². The summed E-state index contributed by atoms with van der Waals surface area (Å²) in [6.45, 7) is 7.95. The molecule has 0 bridgehead atoms. The molecule has 0 fully saturated rings. The number of rotatable bonds is 6. The van der Waals surface area contributed by atoms with Crippen LogP contribution in [0.2, 0.25) is 0 Å². The number of thiazole rings is 1. The van der Waals surface area contributed by atoms with Gasteiger partial charge in [-0.05, 0) is 69.2 Å². The summed E-state index contributed by atoms with van der Waals surface area (Å²) in [6.07, 6.45) is 1.47. The molecular formula is C27H25BrN2O6S. The van der Waals surface area contributed by atoms with Crippen LogP contribution in [0.15, 0.2) is 61.9 Å². The number of ether oxygens (including phenoxy) is 4. The highest BCUT2D eigenvalue weighted by Crippen LogP contribution is 2.37. The van der Waals surface area contributed by atoms with Gasteiger partial charge in [0.05, 0.1) is 34.6 Å². The first kappa shape index (κ1) is 25.3. The maximum Gasteiger partial charge on any atom is 0.338 e. The van der Waals surface area contributed by atoms with Crippen molar-refractivity contribution in [2.24, 2.45) is 4.99 Å². The number of allylic oxidation sites excluding steroid dienone is 1. The van der Waals surface area contributed by atoms with Crippen molar-refractivity contribution in [3.8, 4) is 17.2 Å². The van der Waals surface area contributed by atoms with Gasteiger partial charge in [-0.2, -0.15) is 0 Å². The highest BCUT2D eigenvalue weighted by Gasteiger charge is 2.34. The van der Waals surface area contributed by atoms with Crippen molar-refractivity contribution in [1.29, 1.82) is 0 Å². The molecule has 3 heterocycles. The summed E-state index contributed by atoms with van der Waals surface area (Å²) in [7, 11) is 0. The lowest BCUT2D eigenvalue weighted by Gasteiger charge is -2.25. The van der Waals surface area contributed by atoms with Crippen LogP contribution in [-0.2, 0) is 9.53 Å². The van der Waals surface area contributed by atoms with E-state index in [1.54, 1.807) is 31.4 Å². The molecule has 1 aromatic heterocycles. The largest absolute Gasteiger partial charge is 0.494 e. The summed E-state index contributed by atoms with van der Waals surface area (Å²) in [5, 5.41) is 0. The highest BCUT2D eigenvalue weighted by atomic mass is 79.9. The van der Waals surface area contributed by atoms with Gasteiger partial charge in [0.1, 0.15) is 5.75 Å². The van der Waals surface area contributed by atoms with Gasteiger partial charge in [0.2, 0.25) is 6.79 Å². The Bertz CT molecular complexity index is 1590. The molecule has 0 saturated heterocycles. The van der Waals surface area contributed by atoms with E-state index < -0.39 is 12.0 Å². The average molecular weight is 585 g/mol. The number of nitrogens with zero attached hydrogens (tertiary/aromatic N) is 2. The molecule has 0 saturated carbocycles. The molecule has 2 aromatic carbocycles. The predicted molar refractivity (Wildman–Crippen MR) is 143 cm³/mol. The van der Waals surface area contributed by atoms with Crippen molar-refractivity contribution in [3.63, 3.8) is 0 Å². The van der Waals surface area contributed by atoms with Gasteiger partial charge in [0.25, 0.3) is 5.56 Å². The third-order valence-electron chi connectivity index (χ3n) is 5.87. The molecule has 192 valence electrons. The standard InChI is InChI=1S/C27H25BrN2O6S/c1-5-33-18-8-6-16(7-9-18)24-23(26(32)36-14(2)3)15(4)29-27-30(24)25(31)22(37-27)11-17-10-20-21(12-19(17)28)35-13-34-20/h6-12,14,24H,5,13H2,1-4H3/b22-11+/t24-/m1/s1. The number of benzene rings is 2. The molecule has 37 heavy (non-hydrogen) atoms. The molecule has 2 aliphatic heterocycles. The summed E-state index contributed by atoms with van der Waals surface area (Å²) in [5.41, 5.74) is 2.12. The molecular weight excluding hydrogens is 560 g/mol. The smallest absolute Gasteiger partial charge is 0.338 e. The Morgan fingerprint density at radius 2 is 1.95 bits per heavy atom. The number of aromatic nitrogens is 1. The molecule has 10 heteroatoms. The molecule has 0 spiro atoms. The molecule has 0 unspecified atom stereocenters. The van der Waals surface area contributed by atoms with E-state index in [4.69, 9.17) is 18.9 Å². The Morgan fingerprint density at radius 1 is 1.24 bits per heavy atom. The monoisotopic (exact) mass is 584 g/mol. The van der Waals surface area contributed by atoms with Crippen molar-refractivity contribution in [1.82, 2.24) is 4.57 Å². The number of esters is 1. The van der Waals surface area contributed by atoms with Gasteiger partial charge in [0.15, 0.2) is 16.3 Å². The minimum absolute atomic E-state index is 0.157. The zero-order valence-electron chi connectivity index (χ0n) is 20.7. The number of halogens is 1. The number of fused-ring (bicyclic) bond motifs is 2. The Kier molecular flexibility index (Phi) is 6.96. The highest BCUT2D eigenvalue weighted by molar-refractivity contribution is 9.10. The minimum Gasteiger partial charge on any atom is -0.494 e. The van der Waals surface area contributed by atoms with E-state index in [9.17, 15) is 9.59 Å². The van der Waals surface area contributed by atoms with Crippen molar-refractivity contribution >= 4 is 39.3 Å². The molecule has 1 atom stereocenters. The Morgan fingerprint density at radius 3 is 2.62 bits per heavy atom. The van der Waals surface area contributed by atoms with Gasteiger partial charge in [0, 0.05) is 4.47 Å². The van der Waals surface area contributed by atoms with Crippen molar-refractivity contribution in [2.75, 3.05) is 13.4 Å². The van der Waals surface area contributed by atoms with Gasteiger partial charge >= 0.3 is 5.97 Å². The molecule has 2 aliphatic rings. The second kappa shape index (κ2) is 10.2. The first-order valence-electron chi connectivity index (χ1n) is 11.8. The van der Waals surface area contributed by atoms with E-state index in [1.807, 2.05) is 43.3 Å². The zero-order chi connectivity index (χ0) is 26.3. The SMILES string of the molecule is CCOc1ccc([C@@H]2C(C(=O)OC(C)C)=C(C)N=c3s/c(=C/c4cc5c(cc4Br)OCO5)c(=O)n32)cc1. The van der Waals surface area contributed by atoms with Crippen LogP contribution in [0.1, 0.15) is 44.9 Å². The van der Waals surface area contributed by atoms with E-state index in [1.165, 1.54) is 11.3 Å². The maximum absolute atomic E-state index is 13.8. The summed E-state index contributed by atoms with van der Waals surface area (Å²) >= 11 is 4.82. The van der Waals surface area contributed by atoms with Gasteiger partial charge in [-0.3, -0.25) is 9.36 Å². The summed E-state index contributed by atoms with van der Waals surface area (Å²) in [6, 6.07) is 10.3. The molecule has 8 nitrogen and oxygen atoms in total. The fraction of sp³-hybridized carbons (Fsp3) is 0.296. The topological polar surface area (TPSA) is 88.4 Å². The van der Waals surface area contributed by atoms with E-state index in [2.05, 4.69) is 20.9 Å². The van der Waals surface area contributed by atoms with Crippen molar-refractivity contribution in [2.45, 2.75) is 39.8 Å². The van der Waals surface area contributed by atoms with Gasteiger partial charge in [-0.15, -0.1) is 0 Å². The number of hydrogen-bond donors (Lipinski definition) is 0. The molecule has 0 amide bonds. The minimum atomic E-state index is -0.694. The van der Waals surface area contributed by atoms with Gasteiger partial charge < -0.3 is 18.9 Å². The van der Waals surface area contributed by atoms with Gasteiger partial charge in [-0.1, -0.05) is 39.4 Å². The number of hydrogen-bond acceptors (Lipinski definition) is 8. The Hall–Kier alpha value is -3.37. The van der Waals surface area contributed by atoms with Crippen LogP contribution >= 0.6 is 27.3 Å². The van der Waals surface area contributed by atoms with Crippen molar-refractivity contribution in [3.05, 3.63) is 83.0 Å². The molecule has 0 N–H and O–H groups in total. The molecule has 0 radical (unpaired) electrons. The predicted octanol–water partition coefficient (Wildman–Crippen LogP) is 4.08. The van der Waals surface area contributed by atoms with Crippen LogP contribution in [0.4, 0.5) is 0 Å². The second-order valence-corrected chi connectivity index (χ2v) is 10.6. The summed E-state index contributed by atoms with van der Waals surface area (Å²) in [4.78, 5) is 32.2. The van der Waals surface area contributed by atoms with Crippen molar-refractivity contribution < 1.29 is 23.7 Å². The Balaban J connectivity index is 1.68. The van der Waals surface area contributed by atoms with Crippen LogP contribution in [-0.4, -0.2) is 30.0 Å². The second-order valence-electron chi connectivity index (χ2n) is 8.76. The first-order valence-corrected chi connectivity index (χ1v) is 13.4. The lowest BCUT2D eigenvalue weighted by atomic mass is 9.96. The van der Waals surface area contributed by atoms with E-state index in [0.29, 0.717) is 44.5 Å². The molecule has 0 aliphatic carbocycles. The summed E-state index contributed by atoms with van der Waals surface area (Å²) in [5.74, 6) is 1.47. The number of carbonyl (C=O) groups is 1. The van der Waals surface area contributed by atoms with Gasteiger partial charge in [-0.25, -0.2) is 9.79 Å². The normalized spacial score (nSPS) is 16.6. The molecule has 5 rings (SSSR count). The van der Waals surface area contributed by atoms with E-state index >= 15 is 0 Å². The fourth-order valence-electron chi connectivity index (χ4n) is 4.27. The third kappa shape index (κ3) is 4.83. The lowest BCUT2D eigenvalue weighted by Crippen LogP contribution is -2.40. The average Bonchev–Trinajstić information content (AvgIpc) is 3.42. The van der Waals surface area contributed by atoms with Crippen LogP contribution < -0.4 is 29.1 Å². The van der Waals surface area contributed by atoms with E-state index in [-0.39, 0.29) is 18.5 Å². The molecule has 3 aromatic rings. The fourth-order valence-corrected chi connectivity index (χ4v) is 5.75. The zero-order valence-corrected chi connectivity index (χ0v) is 23.1. The maximum atomic E-state index is 13.8. The number of carbonyl (C=O) groups excluding carboxylic acids is 1. The van der Waals surface area contributed by atoms with E-state index in [0.717, 1.165) is 15.6 Å². The van der Waals surface area contributed by atoms with Crippen LogP contribution in [0.25, 0.3) is 6.08 Å².